The maximum Gasteiger partial charge on any atom is 0.251 e. The number of carbonyl (C=O) groups excluding carboxylic acids is 1. The van der Waals surface area contributed by atoms with Crippen LogP contribution < -0.4 is 14.8 Å². The summed E-state index contributed by atoms with van der Waals surface area (Å²) in [7, 11) is 1.47. The van der Waals surface area contributed by atoms with Gasteiger partial charge in [0.2, 0.25) is 5.88 Å². The fraction of sp³-hybridized carbons (Fsp3) is 0.333. The summed E-state index contributed by atoms with van der Waals surface area (Å²) >= 11 is 12.2. The van der Waals surface area contributed by atoms with E-state index in [0.717, 1.165) is 0 Å². The van der Waals surface area contributed by atoms with Crippen molar-refractivity contribution in [3.63, 3.8) is 0 Å². The molecule has 138 valence electrons. The molecule has 0 saturated carbocycles. The molecule has 6 nitrogen and oxygen atoms in total. The van der Waals surface area contributed by atoms with Gasteiger partial charge in [0, 0.05) is 24.4 Å². The third-order valence-electron chi connectivity index (χ3n) is 4.00. The summed E-state index contributed by atoms with van der Waals surface area (Å²) < 4.78 is 16.4. The van der Waals surface area contributed by atoms with Crippen LogP contribution in [0.15, 0.2) is 36.5 Å². The summed E-state index contributed by atoms with van der Waals surface area (Å²) in [5.74, 6) is 0.531. The first kappa shape index (κ1) is 18.8. The second kappa shape index (κ2) is 8.58. The Hall–Kier alpha value is -2.02. The van der Waals surface area contributed by atoms with E-state index in [-0.39, 0.29) is 28.1 Å². The van der Waals surface area contributed by atoms with Gasteiger partial charge >= 0.3 is 0 Å². The molecule has 1 amide bonds. The van der Waals surface area contributed by atoms with Gasteiger partial charge in [-0.05, 0) is 24.6 Å². The molecule has 1 aliphatic heterocycles. The minimum absolute atomic E-state index is 0.224. The highest BCUT2D eigenvalue weighted by Gasteiger charge is 2.30. The number of amides is 1. The van der Waals surface area contributed by atoms with Gasteiger partial charge in [-0.1, -0.05) is 29.3 Å². The number of hydrogen-bond acceptors (Lipinski definition) is 5. The van der Waals surface area contributed by atoms with Crippen molar-refractivity contribution in [1.82, 2.24) is 10.3 Å². The summed E-state index contributed by atoms with van der Waals surface area (Å²) in [5.41, 5.74) is 0.351. The average Bonchev–Trinajstić information content (AvgIpc) is 2.64. The van der Waals surface area contributed by atoms with Crippen LogP contribution in [0.3, 0.4) is 0 Å². The van der Waals surface area contributed by atoms with Crippen LogP contribution >= 0.6 is 23.2 Å². The topological polar surface area (TPSA) is 69.7 Å². The summed E-state index contributed by atoms with van der Waals surface area (Å²) in [5, 5.41) is 3.52. The SMILES string of the molecule is COc1c(Cl)cc(C(=O)N[C@@H]2CCOC[C@H]2Oc2ccccn2)cc1Cl. The lowest BCUT2D eigenvalue weighted by atomic mass is 10.1. The molecule has 2 aromatic rings. The molecule has 1 N–H and O–H groups in total. The van der Waals surface area contributed by atoms with Gasteiger partial charge in [0.25, 0.3) is 5.91 Å². The minimum atomic E-state index is -0.341. The molecule has 26 heavy (non-hydrogen) atoms. The molecule has 8 heteroatoms. The summed E-state index contributed by atoms with van der Waals surface area (Å²) in [6, 6.07) is 8.22. The number of pyridine rings is 1. The van der Waals surface area contributed by atoms with Crippen molar-refractivity contribution in [3.05, 3.63) is 52.1 Å². The molecule has 0 bridgehead atoms. The maximum absolute atomic E-state index is 12.6. The third-order valence-corrected chi connectivity index (χ3v) is 4.56. The normalized spacial score (nSPS) is 19.7. The van der Waals surface area contributed by atoms with Crippen LogP contribution in [0.4, 0.5) is 0 Å². The number of hydrogen-bond donors (Lipinski definition) is 1. The number of halogens is 2. The number of nitrogens with one attached hydrogen (secondary N) is 1. The summed E-state index contributed by atoms with van der Waals surface area (Å²) in [4.78, 5) is 16.8. The van der Waals surface area contributed by atoms with E-state index in [1.54, 1.807) is 18.3 Å². The summed E-state index contributed by atoms with van der Waals surface area (Å²) in [6.07, 6.45) is 1.93. The van der Waals surface area contributed by atoms with E-state index in [9.17, 15) is 4.79 Å². The second-order valence-corrected chi connectivity index (χ2v) is 6.56. The summed E-state index contributed by atoms with van der Waals surface area (Å²) in [6.45, 7) is 0.906. The van der Waals surface area contributed by atoms with Crippen molar-refractivity contribution >= 4 is 29.1 Å². The fourth-order valence-corrected chi connectivity index (χ4v) is 3.34. The predicted molar refractivity (Wildman–Crippen MR) is 98.4 cm³/mol. The quantitative estimate of drug-likeness (QED) is 0.838. The number of aromatic nitrogens is 1. The average molecular weight is 397 g/mol. The van der Waals surface area contributed by atoms with Crippen molar-refractivity contribution in [2.24, 2.45) is 0 Å². The molecular weight excluding hydrogens is 379 g/mol. The van der Waals surface area contributed by atoms with Crippen LogP contribution in [-0.2, 0) is 4.74 Å². The number of methoxy groups -OCH3 is 1. The van der Waals surface area contributed by atoms with Gasteiger partial charge in [-0.25, -0.2) is 4.98 Å². The smallest absolute Gasteiger partial charge is 0.251 e. The zero-order valence-corrected chi connectivity index (χ0v) is 15.6. The van der Waals surface area contributed by atoms with E-state index in [1.807, 2.05) is 6.07 Å². The van der Waals surface area contributed by atoms with Crippen LogP contribution in [0, 0.1) is 0 Å². The van der Waals surface area contributed by atoms with Gasteiger partial charge in [-0.3, -0.25) is 4.79 Å². The molecule has 0 spiro atoms. The zero-order valence-electron chi connectivity index (χ0n) is 14.1. The van der Waals surface area contributed by atoms with E-state index >= 15 is 0 Å². The molecule has 1 aromatic carbocycles. The third kappa shape index (κ3) is 4.38. The van der Waals surface area contributed by atoms with Gasteiger partial charge in [-0.15, -0.1) is 0 Å². The largest absolute Gasteiger partial charge is 0.494 e. The monoisotopic (exact) mass is 396 g/mol. The molecule has 0 aliphatic carbocycles. The Morgan fingerprint density at radius 2 is 2.08 bits per heavy atom. The zero-order chi connectivity index (χ0) is 18.5. The van der Waals surface area contributed by atoms with Crippen molar-refractivity contribution in [2.45, 2.75) is 18.6 Å². The van der Waals surface area contributed by atoms with Gasteiger partial charge in [0.15, 0.2) is 5.75 Å². The number of carbonyl (C=O) groups is 1. The van der Waals surface area contributed by atoms with Crippen LogP contribution in [0.2, 0.25) is 10.0 Å². The lowest BCUT2D eigenvalue weighted by Crippen LogP contribution is -2.51. The molecule has 1 aliphatic rings. The Morgan fingerprint density at radius 3 is 2.73 bits per heavy atom. The molecule has 0 unspecified atom stereocenters. The molecule has 1 fully saturated rings. The van der Waals surface area contributed by atoms with E-state index in [4.69, 9.17) is 37.4 Å². The van der Waals surface area contributed by atoms with E-state index in [1.165, 1.54) is 19.2 Å². The standard InChI is InChI=1S/C18H18Cl2N2O4/c1-24-17-12(19)8-11(9-13(17)20)18(23)22-14-5-7-25-10-15(14)26-16-4-2-3-6-21-16/h2-4,6,8-9,14-15H,5,7,10H2,1H3,(H,22,23)/t14-,15-/m1/s1. The Morgan fingerprint density at radius 1 is 1.31 bits per heavy atom. The minimum Gasteiger partial charge on any atom is -0.494 e. The van der Waals surface area contributed by atoms with Crippen molar-refractivity contribution < 1.29 is 19.0 Å². The fourth-order valence-electron chi connectivity index (χ4n) is 2.70. The highest BCUT2D eigenvalue weighted by molar-refractivity contribution is 6.37. The van der Waals surface area contributed by atoms with Crippen LogP contribution in [0.1, 0.15) is 16.8 Å². The molecule has 2 heterocycles. The van der Waals surface area contributed by atoms with Crippen molar-refractivity contribution in [2.75, 3.05) is 20.3 Å². The molecule has 1 saturated heterocycles. The van der Waals surface area contributed by atoms with E-state index in [0.29, 0.717) is 36.8 Å². The first-order valence-electron chi connectivity index (χ1n) is 8.08. The first-order valence-corrected chi connectivity index (χ1v) is 8.83. The Labute approximate surface area is 161 Å². The highest BCUT2D eigenvalue weighted by Crippen LogP contribution is 2.33. The lowest BCUT2D eigenvalue weighted by molar-refractivity contribution is -0.0152. The number of rotatable bonds is 5. The second-order valence-electron chi connectivity index (χ2n) is 5.74. The highest BCUT2D eigenvalue weighted by atomic mass is 35.5. The van der Waals surface area contributed by atoms with Gasteiger partial charge < -0.3 is 19.5 Å². The molecule has 1 aromatic heterocycles. The molecular formula is C18H18Cl2N2O4. The van der Waals surface area contributed by atoms with Crippen molar-refractivity contribution in [3.8, 4) is 11.6 Å². The maximum atomic E-state index is 12.6. The molecule has 0 radical (unpaired) electrons. The van der Waals surface area contributed by atoms with E-state index in [2.05, 4.69) is 10.3 Å². The Kier molecular flexibility index (Phi) is 6.19. The van der Waals surface area contributed by atoms with E-state index < -0.39 is 0 Å². The number of nitrogens with zero attached hydrogens (tertiary/aromatic N) is 1. The van der Waals surface area contributed by atoms with Crippen LogP contribution in [0.25, 0.3) is 0 Å². The Bertz CT molecular complexity index is 750. The van der Waals surface area contributed by atoms with Crippen LogP contribution in [0.5, 0.6) is 11.6 Å². The van der Waals surface area contributed by atoms with Gasteiger partial charge in [-0.2, -0.15) is 0 Å². The van der Waals surface area contributed by atoms with Gasteiger partial charge in [0.1, 0.15) is 6.10 Å². The van der Waals surface area contributed by atoms with Crippen LogP contribution in [-0.4, -0.2) is 43.4 Å². The Balaban J connectivity index is 1.72. The van der Waals surface area contributed by atoms with Gasteiger partial charge in [0.05, 0.1) is 29.8 Å². The number of ether oxygens (including phenoxy) is 3. The predicted octanol–water partition coefficient (Wildman–Crippen LogP) is 3.36. The molecule has 3 rings (SSSR count). The van der Waals surface area contributed by atoms with Crippen molar-refractivity contribution in [1.29, 1.82) is 0 Å². The number of benzene rings is 1. The molecule has 2 atom stereocenters. The first-order chi connectivity index (χ1) is 12.6. The lowest BCUT2D eigenvalue weighted by Gasteiger charge is -2.32.